The highest BCUT2D eigenvalue weighted by Gasteiger charge is 2.09. The van der Waals surface area contributed by atoms with Crippen LogP contribution in [0.25, 0.3) is 11.3 Å². The minimum Gasteiger partial charge on any atom is -0.464 e. The van der Waals surface area contributed by atoms with Gasteiger partial charge >= 0.3 is 0 Å². The molecule has 4 rings (SSSR count). The first kappa shape index (κ1) is 16.7. The molecular formula is C23H17NO3. The molecule has 0 radical (unpaired) electrons. The zero-order valence-corrected chi connectivity index (χ0v) is 14.5. The van der Waals surface area contributed by atoms with Crippen LogP contribution in [0.4, 0.5) is 5.69 Å². The third-order valence-corrected chi connectivity index (χ3v) is 4.02. The van der Waals surface area contributed by atoms with Gasteiger partial charge in [-0.15, -0.1) is 0 Å². The summed E-state index contributed by atoms with van der Waals surface area (Å²) in [6, 6.07) is 27.8. The standard InChI is InChI=1S/C23H17NO3/c25-23(18-7-4-6-17(16-18)22-10-5-15-26-22)24-19-11-13-21(14-12-19)27-20-8-2-1-3-9-20/h1-16H,(H,24,25). The van der Waals surface area contributed by atoms with Gasteiger partial charge in [-0.2, -0.15) is 0 Å². The number of ether oxygens (including phenoxy) is 1. The van der Waals surface area contributed by atoms with E-state index in [0.29, 0.717) is 17.0 Å². The summed E-state index contributed by atoms with van der Waals surface area (Å²) in [6.07, 6.45) is 1.61. The minimum atomic E-state index is -0.180. The van der Waals surface area contributed by atoms with Crippen LogP contribution in [-0.4, -0.2) is 5.91 Å². The van der Waals surface area contributed by atoms with E-state index in [-0.39, 0.29) is 5.91 Å². The Balaban J connectivity index is 1.44. The van der Waals surface area contributed by atoms with Gasteiger partial charge in [0.1, 0.15) is 17.3 Å². The quantitative estimate of drug-likeness (QED) is 0.478. The van der Waals surface area contributed by atoms with Crippen molar-refractivity contribution in [2.75, 3.05) is 5.32 Å². The lowest BCUT2D eigenvalue weighted by atomic mass is 10.1. The zero-order chi connectivity index (χ0) is 18.5. The number of benzene rings is 3. The Morgan fingerprint density at radius 2 is 1.56 bits per heavy atom. The fraction of sp³-hybridized carbons (Fsp3) is 0. The van der Waals surface area contributed by atoms with Crippen molar-refractivity contribution in [3.05, 3.63) is 103 Å². The smallest absolute Gasteiger partial charge is 0.255 e. The van der Waals surface area contributed by atoms with Crippen LogP contribution in [0.2, 0.25) is 0 Å². The highest BCUT2D eigenvalue weighted by Crippen LogP contribution is 2.24. The van der Waals surface area contributed by atoms with Crippen molar-refractivity contribution in [2.45, 2.75) is 0 Å². The Kier molecular flexibility index (Phi) is 4.70. The van der Waals surface area contributed by atoms with E-state index in [4.69, 9.17) is 9.15 Å². The highest BCUT2D eigenvalue weighted by molar-refractivity contribution is 6.04. The lowest BCUT2D eigenvalue weighted by Crippen LogP contribution is -2.11. The van der Waals surface area contributed by atoms with Crippen LogP contribution in [-0.2, 0) is 0 Å². The molecule has 0 bridgehead atoms. The van der Waals surface area contributed by atoms with E-state index in [0.717, 1.165) is 17.1 Å². The number of amides is 1. The molecule has 0 atom stereocenters. The van der Waals surface area contributed by atoms with E-state index < -0.39 is 0 Å². The average molecular weight is 355 g/mol. The van der Waals surface area contributed by atoms with Gasteiger partial charge in [-0.1, -0.05) is 30.3 Å². The van der Waals surface area contributed by atoms with Crippen LogP contribution in [0, 0.1) is 0 Å². The monoisotopic (exact) mass is 355 g/mol. The second-order valence-corrected chi connectivity index (χ2v) is 5.95. The molecule has 1 aromatic heterocycles. The number of furan rings is 1. The van der Waals surface area contributed by atoms with Crippen LogP contribution >= 0.6 is 0 Å². The maximum absolute atomic E-state index is 12.5. The molecule has 0 saturated carbocycles. The minimum absolute atomic E-state index is 0.180. The fourth-order valence-corrected chi connectivity index (χ4v) is 2.69. The summed E-state index contributed by atoms with van der Waals surface area (Å²) in [5.41, 5.74) is 2.12. The molecule has 1 N–H and O–H groups in total. The summed E-state index contributed by atoms with van der Waals surface area (Å²) in [6.45, 7) is 0. The molecule has 3 aromatic carbocycles. The molecule has 0 aliphatic heterocycles. The first-order valence-electron chi connectivity index (χ1n) is 8.56. The van der Waals surface area contributed by atoms with Crippen LogP contribution in [0.3, 0.4) is 0 Å². The third kappa shape index (κ3) is 4.07. The van der Waals surface area contributed by atoms with E-state index in [1.807, 2.05) is 78.9 Å². The van der Waals surface area contributed by atoms with Gasteiger partial charge in [-0.3, -0.25) is 4.79 Å². The second kappa shape index (κ2) is 7.62. The van der Waals surface area contributed by atoms with E-state index in [9.17, 15) is 4.79 Å². The van der Waals surface area contributed by atoms with Gasteiger partial charge in [-0.05, 0) is 60.7 Å². The molecule has 132 valence electrons. The van der Waals surface area contributed by atoms with Crippen molar-refractivity contribution in [3.8, 4) is 22.8 Å². The zero-order valence-electron chi connectivity index (χ0n) is 14.5. The van der Waals surface area contributed by atoms with Crippen LogP contribution in [0.1, 0.15) is 10.4 Å². The SMILES string of the molecule is O=C(Nc1ccc(Oc2ccccc2)cc1)c1cccc(-c2ccco2)c1. The summed E-state index contributed by atoms with van der Waals surface area (Å²) in [7, 11) is 0. The highest BCUT2D eigenvalue weighted by atomic mass is 16.5. The number of hydrogen-bond donors (Lipinski definition) is 1. The van der Waals surface area contributed by atoms with Gasteiger partial charge in [0.05, 0.1) is 6.26 Å². The predicted octanol–water partition coefficient (Wildman–Crippen LogP) is 5.99. The molecule has 4 aromatic rings. The lowest BCUT2D eigenvalue weighted by Gasteiger charge is -2.08. The van der Waals surface area contributed by atoms with Crippen molar-refractivity contribution in [2.24, 2.45) is 0 Å². The summed E-state index contributed by atoms with van der Waals surface area (Å²) >= 11 is 0. The molecule has 0 saturated heterocycles. The second-order valence-electron chi connectivity index (χ2n) is 5.95. The predicted molar refractivity (Wildman–Crippen MR) is 105 cm³/mol. The largest absolute Gasteiger partial charge is 0.464 e. The molecule has 0 aliphatic carbocycles. The molecule has 1 amide bonds. The maximum Gasteiger partial charge on any atom is 0.255 e. The fourth-order valence-electron chi connectivity index (χ4n) is 2.69. The summed E-state index contributed by atoms with van der Waals surface area (Å²) in [5.74, 6) is 2.02. The van der Waals surface area contributed by atoms with E-state index in [1.54, 1.807) is 18.4 Å². The Morgan fingerprint density at radius 1 is 0.778 bits per heavy atom. The first-order valence-corrected chi connectivity index (χ1v) is 8.56. The van der Waals surface area contributed by atoms with E-state index >= 15 is 0 Å². The van der Waals surface area contributed by atoms with Crippen LogP contribution in [0.15, 0.2) is 102 Å². The van der Waals surface area contributed by atoms with Crippen molar-refractivity contribution in [1.29, 1.82) is 0 Å². The van der Waals surface area contributed by atoms with Gasteiger partial charge in [0.2, 0.25) is 0 Å². The number of carbonyl (C=O) groups excluding carboxylic acids is 1. The van der Waals surface area contributed by atoms with Gasteiger partial charge < -0.3 is 14.5 Å². The number of para-hydroxylation sites is 1. The molecule has 0 fully saturated rings. The van der Waals surface area contributed by atoms with Crippen molar-refractivity contribution < 1.29 is 13.9 Å². The van der Waals surface area contributed by atoms with Crippen molar-refractivity contribution in [3.63, 3.8) is 0 Å². The van der Waals surface area contributed by atoms with Gasteiger partial charge in [-0.25, -0.2) is 0 Å². The molecule has 4 heteroatoms. The van der Waals surface area contributed by atoms with Gasteiger partial charge in [0.25, 0.3) is 5.91 Å². The van der Waals surface area contributed by atoms with Gasteiger partial charge in [0.15, 0.2) is 0 Å². The van der Waals surface area contributed by atoms with Crippen LogP contribution < -0.4 is 10.1 Å². The Bertz CT molecular complexity index is 1020. The Hall–Kier alpha value is -3.79. The molecular weight excluding hydrogens is 338 g/mol. The summed E-state index contributed by atoms with van der Waals surface area (Å²) in [4.78, 5) is 12.5. The molecule has 4 nitrogen and oxygen atoms in total. The lowest BCUT2D eigenvalue weighted by molar-refractivity contribution is 0.102. The molecule has 1 heterocycles. The maximum atomic E-state index is 12.5. The normalized spacial score (nSPS) is 10.4. The number of rotatable bonds is 5. The summed E-state index contributed by atoms with van der Waals surface area (Å²) < 4.78 is 11.1. The Labute approximate surface area is 157 Å². The number of carbonyl (C=O) groups is 1. The van der Waals surface area contributed by atoms with Gasteiger partial charge in [0, 0.05) is 16.8 Å². The molecule has 0 spiro atoms. The topological polar surface area (TPSA) is 51.5 Å². The summed E-state index contributed by atoms with van der Waals surface area (Å²) in [5, 5.41) is 2.90. The van der Waals surface area contributed by atoms with Crippen LogP contribution in [0.5, 0.6) is 11.5 Å². The third-order valence-electron chi connectivity index (χ3n) is 4.02. The number of anilines is 1. The first-order chi connectivity index (χ1) is 13.3. The average Bonchev–Trinajstić information content (AvgIpc) is 3.25. The number of hydrogen-bond acceptors (Lipinski definition) is 3. The Morgan fingerprint density at radius 3 is 2.30 bits per heavy atom. The van der Waals surface area contributed by atoms with Crippen molar-refractivity contribution >= 4 is 11.6 Å². The molecule has 0 aliphatic rings. The molecule has 27 heavy (non-hydrogen) atoms. The van der Waals surface area contributed by atoms with Crippen molar-refractivity contribution in [1.82, 2.24) is 0 Å². The molecule has 0 unspecified atom stereocenters. The number of nitrogens with one attached hydrogen (secondary N) is 1. The van der Waals surface area contributed by atoms with E-state index in [1.165, 1.54) is 0 Å². The van der Waals surface area contributed by atoms with E-state index in [2.05, 4.69) is 5.32 Å².